The largest absolute Gasteiger partial charge is 0.250 e. The molecule has 2 aromatic rings. The normalized spacial score (nSPS) is 12.8. The average molecular weight is 464 g/mol. The quantitative estimate of drug-likeness (QED) is 0.389. The van der Waals surface area contributed by atoms with Crippen LogP contribution in [0.1, 0.15) is 23.0 Å². The molecule has 0 aliphatic heterocycles. The minimum Gasteiger partial charge on any atom is -0.209 e. The van der Waals surface area contributed by atoms with Gasteiger partial charge in [0.05, 0.1) is 0 Å². The fourth-order valence-electron chi connectivity index (χ4n) is 1.61. The highest BCUT2D eigenvalue weighted by Crippen LogP contribution is 2.39. The lowest BCUT2D eigenvalue weighted by Gasteiger charge is -2.14. The van der Waals surface area contributed by atoms with Crippen molar-refractivity contribution in [1.29, 1.82) is 0 Å². The van der Waals surface area contributed by atoms with E-state index in [1.807, 2.05) is 30.5 Å². The van der Waals surface area contributed by atoms with Gasteiger partial charge in [-0.3, -0.25) is 0 Å². The van der Waals surface area contributed by atoms with Gasteiger partial charge < -0.3 is 0 Å². The Kier molecular flexibility index (Phi) is 6.94. The first-order valence-corrected chi connectivity index (χ1v) is 9.81. The van der Waals surface area contributed by atoms with Crippen LogP contribution in [0.5, 0.6) is 0 Å². The molecule has 0 saturated carbocycles. The number of hydrogen-bond donors (Lipinski definition) is 0. The summed E-state index contributed by atoms with van der Waals surface area (Å²) in [6.07, 6.45) is 5.42. The molecular weight excluding hydrogens is 455 g/mol. The maximum Gasteiger partial charge on any atom is 0.250 e. The van der Waals surface area contributed by atoms with Crippen LogP contribution >= 0.6 is 81.4 Å². The van der Waals surface area contributed by atoms with Crippen molar-refractivity contribution in [3.63, 3.8) is 0 Å². The highest BCUT2D eigenvalue weighted by Gasteiger charge is 2.33. The number of rotatable bonds is 3. The van der Waals surface area contributed by atoms with Crippen LogP contribution in [0.25, 0.3) is 12.2 Å². The summed E-state index contributed by atoms with van der Waals surface area (Å²) in [6, 6.07) is 7.90. The van der Waals surface area contributed by atoms with Crippen LogP contribution < -0.4 is 0 Å². The van der Waals surface area contributed by atoms with Gasteiger partial charge in [0.1, 0.15) is 0 Å². The van der Waals surface area contributed by atoms with Crippen LogP contribution in [0.3, 0.4) is 0 Å². The Bertz CT molecular complexity index is 705. The zero-order valence-electron chi connectivity index (χ0n) is 12.0. The molecule has 1 heterocycles. The molecule has 0 radical (unpaired) electrons. The summed E-state index contributed by atoms with van der Waals surface area (Å²) < 4.78 is -3.73. The Hall–Kier alpha value is 0.0600. The minimum absolute atomic E-state index is 0.124. The molecule has 0 fully saturated rings. The van der Waals surface area contributed by atoms with Crippen LogP contribution in [0, 0.1) is 0 Å². The molecule has 0 N–H and O–H groups in total. The lowest BCUT2D eigenvalue weighted by molar-refractivity contribution is 0.835. The van der Waals surface area contributed by atoms with Gasteiger partial charge in [-0.25, -0.2) is 15.0 Å². The Morgan fingerprint density at radius 3 is 1.71 bits per heavy atom. The summed E-state index contributed by atoms with van der Waals surface area (Å²) in [6.45, 7) is 0. The van der Waals surface area contributed by atoms with E-state index in [0.29, 0.717) is 0 Å². The van der Waals surface area contributed by atoms with E-state index in [1.165, 1.54) is 0 Å². The Labute approximate surface area is 173 Å². The van der Waals surface area contributed by atoms with Gasteiger partial charge in [-0.2, -0.15) is 0 Å². The lowest BCUT2D eigenvalue weighted by atomic mass is 10.2. The number of thioether (sulfide) groups is 1. The Morgan fingerprint density at radius 2 is 1.29 bits per heavy atom. The van der Waals surface area contributed by atoms with Crippen molar-refractivity contribution in [2.45, 2.75) is 12.5 Å². The molecule has 0 amide bonds. The first-order valence-electron chi connectivity index (χ1n) is 6.32. The van der Waals surface area contributed by atoms with Crippen LogP contribution in [-0.2, 0) is 7.59 Å². The van der Waals surface area contributed by atoms with Crippen molar-refractivity contribution in [3.8, 4) is 0 Å². The number of hydrogen-bond acceptors (Lipinski definition) is 4. The van der Waals surface area contributed by atoms with E-state index in [9.17, 15) is 0 Å². The van der Waals surface area contributed by atoms with Gasteiger partial charge in [0.15, 0.2) is 17.5 Å². The van der Waals surface area contributed by atoms with Crippen molar-refractivity contribution in [1.82, 2.24) is 15.0 Å². The highest BCUT2D eigenvalue weighted by atomic mass is 35.6. The van der Waals surface area contributed by atoms with E-state index >= 15 is 0 Å². The zero-order valence-corrected chi connectivity index (χ0v) is 17.3. The standard InChI is InChI=1S/C14H9Cl6N3S/c1-24-9-5-2-8(3-6-9)4-7-10-21-11(13(15,16)17)23-12(22-10)14(18,19)20/h2-7H,1H3. The summed E-state index contributed by atoms with van der Waals surface area (Å²) in [4.78, 5) is 13.2. The lowest BCUT2D eigenvalue weighted by Crippen LogP contribution is -2.16. The Balaban J connectivity index is 2.39. The molecular formula is C14H9Cl6N3S. The molecule has 0 aliphatic rings. The van der Waals surface area contributed by atoms with Crippen molar-refractivity contribution in [3.05, 3.63) is 47.3 Å². The summed E-state index contributed by atoms with van der Waals surface area (Å²) in [7, 11) is 0. The van der Waals surface area contributed by atoms with Crippen molar-refractivity contribution in [2.24, 2.45) is 0 Å². The summed E-state index contributed by atoms with van der Waals surface area (Å²) in [5.41, 5.74) is 0.944. The minimum atomic E-state index is -1.86. The predicted molar refractivity (Wildman–Crippen MR) is 105 cm³/mol. The fraction of sp³-hybridized carbons (Fsp3) is 0.214. The monoisotopic (exact) mass is 461 g/mol. The number of alkyl halides is 6. The topological polar surface area (TPSA) is 38.7 Å². The van der Waals surface area contributed by atoms with Crippen molar-refractivity contribution >= 4 is 93.5 Å². The maximum atomic E-state index is 5.83. The van der Waals surface area contributed by atoms with E-state index in [-0.39, 0.29) is 17.5 Å². The third kappa shape index (κ3) is 5.80. The second-order valence-corrected chi connectivity index (χ2v) is 9.88. The molecule has 3 nitrogen and oxygen atoms in total. The van der Waals surface area contributed by atoms with Gasteiger partial charge in [0.2, 0.25) is 7.59 Å². The molecule has 24 heavy (non-hydrogen) atoms. The van der Waals surface area contributed by atoms with Gasteiger partial charge in [-0.1, -0.05) is 87.8 Å². The van der Waals surface area contributed by atoms with E-state index in [1.54, 1.807) is 23.9 Å². The van der Waals surface area contributed by atoms with Crippen LogP contribution in [0.15, 0.2) is 29.2 Å². The summed E-state index contributed by atoms with van der Waals surface area (Å²) in [5, 5.41) is 0. The smallest absolute Gasteiger partial charge is 0.209 e. The molecule has 128 valence electrons. The molecule has 2 rings (SSSR count). The van der Waals surface area contributed by atoms with Gasteiger partial charge in [-0.15, -0.1) is 11.8 Å². The van der Waals surface area contributed by atoms with Crippen molar-refractivity contribution < 1.29 is 0 Å². The molecule has 0 spiro atoms. The molecule has 1 aromatic heterocycles. The highest BCUT2D eigenvalue weighted by molar-refractivity contribution is 7.98. The van der Waals surface area contributed by atoms with Gasteiger partial charge in [0.25, 0.3) is 0 Å². The zero-order chi connectivity index (χ0) is 18.0. The second kappa shape index (κ2) is 8.17. The summed E-state index contributed by atoms with van der Waals surface area (Å²) >= 11 is 36.6. The maximum absolute atomic E-state index is 5.83. The SMILES string of the molecule is CSc1ccc(C=Cc2nc(C(Cl)(Cl)Cl)nc(C(Cl)(Cl)Cl)n2)cc1. The van der Waals surface area contributed by atoms with Gasteiger partial charge in [0, 0.05) is 4.90 Å². The first kappa shape index (κ1) is 20.4. The van der Waals surface area contributed by atoms with E-state index in [2.05, 4.69) is 15.0 Å². The third-order valence-electron chi connectivity index (χ3n) is 2.70. The van der Waals surface area contributed by atoms with Crippen LogP contribution in [0.4, 0.5) is 0 Å². The number of aromatic nitrogens is 3. The van der Waals surface area contributed by atoms with Gasteiger partial charge in [-0.05, 0) is 30.0 Å². The Morgan fingerprint density at radius 1 is 0.792 bits per heavy atom. The molecule has 1 aromatic carbocycles. The molecule has 0 atom stereocenters. The molecule has 0 saturated heterocycles. The van der Waals surface area contributed by atoms with Crippen LogP contribution in [-0.4, -0.2) is 21.2 Å². The fourth-order valence-corrected chi connectivity index (χ4v) is 2.52. The van der Waals surface area contributed by atoms with E-state index in [0.717, 1.165) is 10.5 Å². The van der Waals surface area contributed by atoms with Gasteiger partial charge >= 0.3 is 0 Å². The predicted octanol–water partition coefficient (Wildman–Crippen LogP) is 6.42. The summed E-state index contributed by atoms with van der Waals surface area (Å²) in [5.74, 6) is -0.0380. The molecule has 10 heteroatoms. The third-order valence-corrected chi connectivity index (χ3v) is 4.46. The van der Waals surface area contributed by atoms with E-state index in [4.69, 9.17) is 69.6 Å². The van der Waals surface area contributed by atoms with Crippen LogP contribution in [0.2, 0.25) is 0 Å². The van der Waals surface area contributed by atoms with E-state index < -0.39 is 7.59 Å². The van der Waals surface area contributed by atoms with Crippen molar-refractivity contribution in [2.75, 3.05) is 6.26 Å². The first-order chi connectivity index (χ1) is 11.1. The second-order valence-electron chi connectivity index (χ2n) is 4.44. The number of benzene rings is 1. The number of halogens is 6. The molecule has 0 bridgehead atoms. The average Bonchev–Trinajstić information content (AvgIpc) is 2.51. The molecule has 0 unspecified atom stereocenters. The molecule has 0 aliphatic carbocycles. The number of nitrogens with zero attached hydrogens (tertiary/aromatic N) is 3.